The van der Waals surface area contributed by atoms with Gasteiger partial charge in [-0.1, -0.05) is 12.1 Å². The number of piperidine rings is 1. The first-order valence-electron chi connectivity index (χ1n) is 9.10. The van der Waals surface area contributed by atoms with Crippen molar-refractivity contribution in [2.75, 3.05) is 13.1 Å². The van der Waals surface area contributed by atoms with Crippen molar-refractivity contribution in [3.63, 3.8) is 0 Å². The molecular formula is C21H22N4O. The van der Waals surface area contributed by atoms with E-state index in [0.29, 0.717) is 11.5 Å². The summed E-state index contributed by atoms with van der Waals surface area (Å²) in [5.41, 5.74) is 3.69. The number of aromatic nitrogens is 3. The molecule has 3 heterocycles. The van der Waals surface area contributed by atoms with Crippen LogP contribution in [0.3, 0.4) is 0 Å². The number of nitrogens with zero attached hydrogens (tertiary/aromatic N) is 4. The Kier molecular flexibility index (Phi) is 4.61. The predicted octanol–water partition coefficient (Wildman–Crippen LogP) is 3.43. The van der Waals surface area contributed by atoms with Gasteiger partial charge >= 0.3 is 0 Å². The molecule has 1 aliphatic heterocycles. The van der Waals surface area contributed by atoms with Gasteiger partial charge in [0.15, 0.2) is 0 Å². The molecular weight excluding hydrogens is 324 g/mol. The Bertz CT molecular complexity index is 940. The van der Waals surface area contributed by atoms with E-state index in [9.17, 15) is 4.79 Å². The molecule has 132 valence electrons. The Morgan fingerprint density at radius 1 is 1.27 bits per heavy atom. The number of amides is 1. The van der Waals surface area contributed by atoms with E-state index in [-0.39, 0.29) is 5.91 Å². The molecule has 1 amide bonds. The van der Waals surface area contributed by atoms with Crippen LogP contribution in [0.2, 0.25) is 0 Å². The molecule has 0 radical (unpaired) electrons. The third-order valence-corrected chi connectivity index (χ3v) is 5.14. The standard InChI is InChI=1S/C21H22N4O/c1-15-19(12-22-14-24-15)21(26)25-9-3-4-17(13-25)10-16-6-7-20-18(11-16)5-2-8-23-20/h2,5-8,11-12,14,17H,3-4,9-10,13H2,1H3/t17-/m1/s1. The van der Waals surface area contributed by atoms with Crippen molar-refractivity contribution in [1.29, 1.82) is 0 Å². The lowest BCUT2D eigenvalue weighted by Crippen LogP contribution is -2.40. The third-order valence-electron chi connectivity index (χ3n) is 5.14. The summed E-state index contributed by atoms with van der Waals surface area (Å²) < 4.78 is 0. The topological polar surface area (TPSA) is 59.0 Å². The third kappa shape index (κ3) is 3.43. The van der Waals surface area contributed by atoms with Gasteiger partial charge in [-0.2, -0.15) is 0 Å². The van der Waals surface area contributed by atoms with Crippen molar-refractivity contribution in [3.05, 3.63) is 65.9 Å². The van der Waals surface area contributed by atoms with Crippen LogP contribution in [-0.2, 0) is 6.42 Å². The van der Waals surface area contributed by atoms with Crippen LogP contribution in [0.25, 0.3) is 10.9 Å². The van der Waals surface area contributed by atoms with Gasteiger partial charge in [-0.3, -0.25) is 9.78 Å². The van der Waals surface area contributed by atoms with Crippen molar-refractivity contribution in [3.8, 4) is 0 Å². The number of aryl methyl sites for hydroxylation is 1. The predicted molar refractivity (Wildman–Crippen MR) is 101 cm³/mol. The van der Waals surface area contributed by atoms with E-state index in [1.54, 1.807) is 6.20 Å². The molecule has 0 N–H and O–H groups in total. The fraction of sp³-hybridized carbons (Fsp3) is 0.333. The Morgan fingerprint density at radius 2 is 2.19 bits per heavy atom. The van der Waals surface area contributed by atoms with Gasteiger partial charge in [0.05, 0.1) is 16.8 Å². The molecule has 5 nitrogen and oxygen atoms in total. The summed E-state index contributed by atoms with van der Waals surface area (Å²) in [6.07, 6.45) is 8.11. The summed E-state index contributed by atoms with van der Waals surface area (Å²) in [4.78, 5) is 27.3. The SMILES string of the molecule is Cc1ncncc1C(=O)N1CCC[C@H](Cc2ccc3ncccc3c2)C1. The molecule has 0 unspecified atom stereocenters. The minimum atomic E-state index is 0.0514. The maximum atomic E-state index is 12.8. The lowest BCUT2D eigenvalue weighted by molar-refractivity contribution is 0.0671. The highest BCUT2D eigenvalue weighted by molar-refractivity contribution is 5.95. The Balaban J connectivity index is 1.48. The minimum Gasteiger partial charge on any atom is -0.338 e. The van der Waals surface area contributed by atoms with Gasteiger partial charge < -0.3 is 4.90 Å². The molecule has 0 aliphatic carbocycles. The lowest BCUT2D eigenvalue weighted by Gasteiger charge is -2.33. The van der Waals surface area contributed by atoms with Crippen LogP contribution in [-0.4, -0.2) is 38.8 Å². The Hall–Kier alpha value is -2.82. The zero-order chi connectivity index (χ0) is 17.9. The molecule has 1 saturated heterocycles. The molecule has 1 atom stereocenters. The summed E-state index contributed by atoms with van der Waals surface area (Å²) in [6, 6.07) is 10.5. The molecule has 0 bridgehead atoms. The van der Waals surface area contributed by atoms with Crippen LogP contribution in [0, 0.1) is 12.8 Å². The molecule has 0 spiro atoms. The number of hydrogen-bond acceptors (Lipinski definition) is 4. The monoisotopic (exact) mass is 346 g/mol. The maximum absolute atomic E-state index is 12.8. The minimum absolute atomic E-state index is 0.0514. The highest BCUT2D eigenvalue weighted by atomic mass is 16.2. The Labute approximate surface area is 153 Å². The smallest absolute Gasteiger partial charge is 0.257 e. The Morgan fingerprint density at radius 3 is 3.08 bits per heavy atom. The van der Waals surface area contributed by atoms with Crippen LogP contribution in [0.15, 0.2) is 49.1 Å². The quantitative estimate of drug-likeness (QED) is 0.729. The largest absolute Gasteiger partial charge is 0.338 e. The van der Waals surface area contributed by atoms with Crippen molar-refractivity contribution in [2.24, 2.45) is 5.92 Å². The molecule has 0 saturated carbocycles. The van der Waals surface area contributed by atoms with Gasteiger partial charge in [0.2, 0.25) is 0 Å². The van der Waals surface area contributed by atoms with Gasteiger partial charge in [-0.25, -0.2) is 9.97 Å². The van der Waals surface area contributed by atoms with E-state index in [1.807, 2.05) is 24.1 Å². The second-order valence-corrected chi connectivity index (χ2v) is 7.02. The van der Waals surface area contributed by atoms with Gasteiger partial charge in [-0.05, 0) is 55.9 Å². The van der Waals surface area contributed by atoms with Crippen LogP contribution in [0.5, 0.6) is 0 Å². The molecule has 1 aliphatic rings. The van der Waals surface area contributed by atoms with Crippen molar-refractivity contribution < 1.29 is 4.79 Å². The number of rotatable bonds is 3. The summed E-state index contributed by atoms with van der Waals surface area (Å²) in [5, 5.41) is 1.17. The van der Waals surface area contributed by atoms with Gasteiger partial charge in [0.25, 0.3) is 5.91 Å². The molecule has 4 rings (SSSR count). The zero-order valence-electron chi connectivity index (χ0n) is 14.9. The van der Waals surface area contributed by atoms with E-state index in [4.69, 9.17) is 0 Å². The summed E-state index contributed by atoms with van der Waals surface area (Å²) in [5.74, 6) is 0.530. The molecule has 2 aromatic heterocycles. The normalized spacial score (nSPS) is 17.4. The number of carbonyl (C=O) groups is 1. The summed E-state index contributed by atoms with van der Waals surface area (Å²) >= 11 is 0. The zero-order valence-corrected chi connectivity index (χ0v) is 14.9. The van der Waals surface area contributed by atoms with E-state index in [0.717, 1.165) is 43.6 Å². The first-order chi connectivity index (χ1) is 12.7. The second kappa shape index (κ2) is 7.20. The van der Waals surface area contributed by atoms with E-state index >= 15 is 0 Å². The van der Waals surface area contributed by atoms with Crippen LogP contribution in [0.1, 0.15) is 34.5 Å². The molecule has 5 heteroatoms. The van der Waals surface area contributed by atoms with Crippen molar-refractivity contribution in [2.45, 2.75) is 26.2 Å². The second-order valence-electron chi connectivity index (χ2n) is 7.02. The molecule has 3 aromatic rings. The highest BCUT2D eigenvalue weighted by Gasteiger charge is 2.26. The fourth-order valence-corrected chi connectivity index (χ4v) is 3.77. The van der Waals surface area contributed by atoms with Crippen LogP contribution < -0.4 is 0 Å². The molecule has 26 heavy (non-hydrogen) atoms. The van der Waals surface area contributed by atoms with E-state index in [2.05, 4.69) is 39.2 Å². The highest BCUT2D eigenvalue weighted by Crippen LogP contribution is 2.24. The van der Waals surface area contributed by atoms with Gasteiger partial charge in [0.1, 0.15) is 6.33 Å². The number of likely N-dealkylation sites (tertiary alicyclic amines) is 1. The van der Waals surface area contributed by atoms with E-state index in [1.165, 1.54) is 17.3 Å². The molecule has 1 aromatic carbocycles. The van der Waals surface area contributed by atoms with Crippen LogP contribution in [0.4, 0.5) is 0 Å². The first kappa shape index (κ1) is 16.6. The summed E-state index contributed by atoms with van der Waals surface area (Å²) in [6.45, 7) is 3.46. The van der Waals surface area contributed by atoms with Gasteiger partial charge in [0, 0.05) is 30.9 Å². The number of carbonyl (C=O) groups excluding carboxylic acids is 1. The van der Waals surface area contributed by atoms with Crippen molar-refractivity contribution in [1.82, 2.24) is 19.9 Å². The average Bonchev–Trinajstić information content (AvgIpc) is 2.68. The van der Waals surface area contributed by atoms with E-state index < -0.39 is 0 Å². The molecule has 1 fully saturated rings. The average molecular weight is 346 g/mol. The van der Waals surface area contributed by atoms with Crippen LogP contribution >= 0.6 is 0 Å². The van der Waals surface area contributed by atoms with Gasteiger partial charge in [-0.15, -0.1) is 0 Å². The number of benzene rings is 1. The number of hydrogen-bond donors (Lipinski definition) is 0. The lowest BCUT2D eigenvalue weighted by atomic mass is 9.90. The number of fused-ring (bicyclic) bond motifs is 1. The fourth-order valence-electron chi connectivity index (χ4n) is 3.77. The summed E-state index contributed by atoms with van der Waals surface area (Å²) in [7, 11) is 0. The first-order valence-corrected chi connectivity index (χ1v) is 9.10. The number of pyridine rings is 1. The maximum Gasteiger partial charge on any atom is 0.257 e. The van der Waals surface area contributed by atoms with Crippen molar-refractivity contribution >= 4 is 16.8 Å².